The Labute approximate surface area is 164 Å². The van der Waals surface area contributed by atoms with Crippen molar-refractivity contribution in [3.05, 3.63) is 69.7 Å². The fourth-order valence-electron chi connectivity index (χ4n) is 3.48. The first-order valence-electron chi connectivity index (χ1n) is 8.57. The van der Waals surface area contributed by atoms with Crippen molar-refractivity contribution in [3.63, 3.8) is 0 Å². The number of ether oxygens (including phenoxy) is 1. The molecule has 0 fully saturated rings. The van der Waals surface area contributed by atoms with Crippen molar-refractivity contribution in [2.24, 2.45) is 0 Å². The summed E-state index contributed by atoms with van der Waals surface area (Å²) in [6.45, 7) is 0. The predicted molar refractivity (Wildman–Crippen MR) is 105 cm³/mol. The second-order valence-corrected chi connectivity index (χ2v) is 7.49. The summed E-state index contributed by atoms with van der Waals surface area (Å²) >= 11 is 1.11. The summed E-state index contributed by atoms with van der Waals surface area (Å²) in [5.74, 6) is -1.44. The molecule has 2 N–H and O–H groups in total. The van der Waals surface area contributed by atoms with Crippen LogP contribution in [-0.2, 0) is 4.79 Å². The Hall–Kier alpha value is -3.19. The molecule has 5 nitrogen and oxygen atoms in total. The molecular weight excluding hydrogens is 381 g/mol. The Morgan fingerprint density at radius 2 is 2.04 bits per heavy atom. The summed E-state index contributed by atoms with van der Waals surface area (Å²) in [5, 5.41) is 12.5. The number of hydrogen-bond acceptors (Lipinski definition) is 4. The van der Waals surface area contributed by atoms with E-state index >= 15 is 0 Å². The molecule has 0 saturated heterocycles. The number of carbonyl (C=O) groups excluding carboxylic acids is 1. The van der Waals surface area contributed by atoms with E-state index in [0.717, 1.165) is 21.8 Å². The van der Waals surface area contributed by atoms with Crippen LogP contribution in [0.1, 0.15) is 32.5 Å². The minimum Gasteiger partial charge on any atom is -0.497 e. The van der Waals surface area contributed by atoms with Gasteiger partial charge in [-0.05, 0) is 35.4 Å². The van der Waals surface area contributed by atoms with Crippen LogP contribution in [0, 0.1) is 5.82 Å². The smallest absolute Gasteiger partial charge is 0.346 e. The first kappa shape index (κ1) is 18.2. The number of carboxylic acid groups (broad SMARTS) is 1. The molecule has 0 aliphatic carbocycles. The Bertz CT molecular complexity index is 1090. The zero-order valence-corrected chi connectivity index (χ0v) is 15.7. The van der Waals surface area contributed by atoms with Crippen LogP contribution in [0.3, 0.4) is 0 Å². The molecule has 0 radical (unpaired) electrons. The number of methoxy groups -OCH3 is 1. The minimum absolute atomic E-state index is 0.0747. The molecular formula is C21H16FNO4S. The van der Waals surface area contributed by atoms with Crippen LogP contribution in [0.25, 0.3) is 11.1 Å². The molecule has 3 aromatic rings. The molecule has 1 aliphatic rings. The van der Waals surface area contributed by atoms with Crippen LogP contribution in [0.5, 0.6) is 5.75 Å². The SMILES string of the molecule is COc1cccc(C2CC(=O)Nc3c2sc(C(=O)O)c3-c2cccc(F)c2)c1. The molecule has 4 rings (SSSR count). The highest BCUT2D eigenvalue weighted by atomic mass is 32.1. The average Bonchev–Trinajstić information content (AvgIpc) is 3.07. The lowest BCUT2D eigenvalue weighted by Gasteiger charge is -2.24. The van der Waals surface area contributed by atoms with E-state index in [0.29, 0.717) is 22.6 Å². The summed E-state index contributed by atoms with van der Waals surface area (Å²) in [4.78, 5) is 25.2. The van der Waals surface area contributed by atoms with Crippen molar-refractivity contribution in [1.29, 1.82) is 0 Å². The van der Waals surface area contributed by atoms with Gasteiger partial charge in [0.2, 0.25) is 5.91 Å². The van der Waals surface area contributed by atoms with E-state index < -0.39 is 11.8 Å². The summed E-state index contributed by atoms with van der Waals surface area (Å²) in [7, 11) is 1.56. The molecule has 0 spiro atoms. The van der Waals surface area contributed by atoms with Crippen LogP contribution in [0.15, 0.2) is 48.5 Å². The van der Waals surface area contributed by atoms with Crippen LogP contribution in [0.4, 0.5) is 10.1 Å². The van der Waals surface area contributed by atoms with Gasteiger partial charge in [0.15, 0.2) is 0 Å². The van der Waals surface area contributed by atoms with Gasteiger partial charge in [-0.25, -0.2) is 9.18 Å². The van der Waals surface area contributed by atoms with Crippen molar-refractivity contribution >= 4 is 28.9 Å². The second-order valence-electron chi connectivity index (χ2n) is 6.44. The summed E-state index contributed by atoms with van der Waals surface area (Å²) in [6, 6.07) is 13.1. The molecule has 0 saturated carbocycles. The number of benzene rings is 2. The number of carboxylic acids is 1. The van der Waals surface area contributed by atoms with Gasteiger partial charge in [-0.1, -0.05) is 24.3 Å². The highest BCUT2D eigenvalue weighted by molar-refractivity contribution is 7.15. The Balaban J connectivity index is 1.93. The van der Waals surface area contributed by atoms with Crippen molar-refractivity contribution in [1.82, 2.24) is 0 Å². The first-order valence-corrected chi connectivity index (χ1v) is 9.39. The van der Waals surface area contributed by atoms with Crippen molar-refractivity contribution < 1.29 is 23.8 Å². The van der Waals surface area contributed by atoms with Gasteiger partial charge >= 0.3 is 5.97 Å². The quantitative estimate of drug-likeness (QED) is 0.667. The number of carbonyl (C=O) groups is 2. The normalized spacial score (nSPS) is 15.6. The number of amides is 1. The fourth-order valence-corrected chi connectivity index (χ4v) is 4.73. The molecule has 7 heteroatoms. The standard InChI is InChI=1S/C21H16FNO4S/c1-27-14-7-3-4-11(9-14)15-10-16(24)23-18-17(12-5-2-6-13(22)8-12)20(21(25)26)28-19(15)18/h2-9,15H,10H2,1H3,(H,23,24)(H,25,26). The fraction of sp³-hybridized carbons (Fsp3) is 0.143. The van der Waals surface area contributed by atoms with Crippen molar-refractivity contribution in [2.75, 3.05) is 12.4 Å². The van der Waals surface area contributed by atoms with Crippen LogP contribution in [0.2, 0.25) is 0 Å². The monoisotopic (exact) mass is 397 g/mol. The van der Waals surface area contributed by atoms with E-state index in [9.17, 15) is 19.1 Å². The van der Waals surface area contributed by atoms with Gasteiger partial charge in [-0.3, -0.25) is 4.79 Å². The average molecular weight is 397 g/mol. The number of aromatic carboxylic acids is 1. The first-order chi connectivity index (χ1) is 13.5. The number of nitrogens with one attached hydrogen (secondary N) is 1. The maximum Gasteiger partial charge on any atom is 0.346 e. The van der Waals surface area contributed by atoms with Crippen molar-refractivity contribution in [2.45, 2.75) is 12.3 Å². The van der Waals surface area contributed by atoms with Crippen LogP contribution >= 0.6 is 11.3 Å². The van der Waals surface area contributed by atoms with Gasteiger partial charge in [-0.15, -0.1) is 11.3 Å². The maximum atomic E-state index is 13.8. The lowest BCUT2D eigenvalue weighted by atomic mass is 9.88. The minimum atomic E-state index is -1.11. The van der Waals surface area contributed by atoms with E-state index in [1.165, 1.54) is 18.2 Å². The highest BCUT2D eigenvalue weighted by Crippen LogP contribution is 2.49. The molecule has 1 aliphatic heterocycles. The molecule has 1 amide bonds. The number of halogens is 1. The van der Waals surface area contributed by atoms with Gasteiger partial charge in [0.1, 0.15) is 16.4 Å². The molecule has 2 aromatic carbocycles. The lowest BCUT2D eigenvalue weighted by molar-refractivity contribution is -0.116. The number of thiophene rings is 1. The number of rotatable bonds is 4. The Morgan fingerprint density at radius 3 is 2.75 bits per heavy atom. The third kappa shape index (κ3) is 3.14. The molecule has 1 aromatic heterocycles. The summed E-state index contributed by atoms with van der Waals surface area (Å²) in [6.07, 6.45) is 0.197. The van der Waals surface area contributed by atoms with Gasteiger partial charge in [0.25, 0.3) is 0 Å². The molecule has 2 heterocycles. The zero-order valence-electron chi connectivity index (χ0n) is 14.9. The van der Waals surface area contributed by atoms with Gasteiger partial charge in [0, 0.05) is 22.8 Å². The number of anilines is 1. The van der Waals surface area contributed by atoms with E-state index in [1.807, 2.05) is 24.3 Å². The largest absolute Gasteiger partial charge is 0.497 e. The van der Waals surface area contributed by atoms with Gasteiger partial charge in [-0.2, -0.15) is 0 Å². The number of hydrogen-bond donors (Lipinski definition) is 2. The Kier molecular flexibility index (Phi) is 4.60. The van der Waals surface area contributed by atoms with E-state index in [-0.39, 0.29) is 23.1 Å². The van der Waals surface area contributed by atoms with E-state index in [1.54, 1.807) is 13.2 Å². The molecule has 1 unspecified atom stereocenters. The third-order valence-corrected chi connectivity index (χ3v) is 6.00. The zero-order chi connectivity index (χ0) is 19.8. The maximum absolute atomic E-state index is 13.8. The van der Waals surface area contributed by atoms with Crippen LogP contribution < -0.4 is 10.1 Å². The van der Waals surface area contributed by atoms with Crippen molar-refractivity contribution in [3.8, 4) is 16.9 Å². The predicted octanol–water partition coefficient (Wildman–Crippen LogP) is 4.74. The molecule has 142 valence electrons. The molecule has 28 heavy (non-hydrogen) atoms. The highest BCUT2D eigenvalue weighted by Gasteiger charge is 2.34. The molecule has 0 bridgehead atoms. The topological polar surface area (TPSA) is 75.6 Å². The molecule has 1 atom stereocenters. The second kappa shape index (κ2) is 7.09. The van der Waals surface area contributed by atoms with Gasteiger partial charge < -0.3 is 15.2 Å². The Morgan fingerprint density at radius 1 is 1.25 bits per heavy atom. The number of fused-ring (bicyclic) bond motifs is 1. The lowest BCUT2D eigenvalue weighted by Crippen LogP contribution is -2.22. The van der Waals surface area contributed by atoms with Gasteiger partial charge in [0.05, 0.1) is 12.8 Å². The van der Waals surface area contributed by atoms with Crippen LogP contribution in [-0.4, -0.2) is 24.1 Å². The summed E-state index contributed by atoms with van der Waals surface area (Å²) < 4.78 is 19.1. The third-order valence-electron chi connectivity index (χ3n) is 4.71. The van der Waals surface area contributed by atoms with E-state index in [4.69, 9.17) is 4.74 Å². The summed E-state index contributed by atoms with van der Waals surface area (Å²) in [5.41, 5.74) is 2.06. The van der Waals surface area contributed by atoms with E-state index in [2.05, 4.69) is 5.32 Å².